The van der Waals surface area contributed by atoms with Gasteiger partial charge in [-0.05, 0) is 42.5 Å². The summed E-state index contributed by atoms with van der Waals surface area (Å²) >= 11 is 0. The number of aryl methyl sites for hydroxylation is 1. The van der Waals surface area contributed by atoms with Gasteiger partial charge >= 0.3 is 0 Å². The van der Waals surface area contributed by atoms with Crippen LogP contribution in [0.1, 0.15) is 23.7 Å². The lowest BCUT2D eigenvalue weighted by Crippen LogP contribution is -2.42. The number of hydrogen-bond donors (Lipinski definition) is 3. The molecule has 1 unspecified atom stereocenters. The fraction of sp³-hybridized carbons (Fsp3) is 0.174. The quantitative estimate of drug-likeness (QED) is 0.645. The molecule has 27 heavy (non-hydrogen) atoms. The largest absolute Gasteiger partial charge is 0.381 e. The van der Waals surface area contributed by atoms with Crippen molar-refractivity contribution < 1.29 is 0 Å². The predicted octanol–water partition coefficient (Wildman–Crippen LogP) is 4.05. The first-order valence-corrected chi connectivity index (χ1v) is 9.14. The van der Waals surface area contributed by atoms with Gasteiger partial charge in [-0.1, -0.05) is 49.0 Å². The molecule has 4 rings (SSSR count). The molecule has 0 aliphatic carbocycles. The fourth-order valence-electron chi connectivity index (χ4n) is 3.64. The molecule has 2 heterocycles. The molecule has 3 aromatic rings. The molecule has 0 bridgehead atoms. The van der Waals surface area contributed by atoms with Crippen LogP contribution in [0.4, 0.5) is 0 Å². The van der Waals surface area contributed by atoms with Crippen molar-refractivity contribution in [2.75, 3.05) is 0 Å². The number of hydrogen-bond acceptors (Lipinski definition) is 4. The summed E-state index contributed by atoms with van der Waals surface area (Å²) in [5, 5.41) is 5.90. The van der Waals surface area contributed by atoms with E-state index in [4.69, 9.17) is 0 Å². The molecule has 1 aliphatic rings. The maximum atomic E-state index is 4.36. The Labute approximate surface area is 160 Å². The van der Waals surface area contributed by atoms with Gasteiger partial charge in [-0.3, -0.25) is 4.98 Å². The predicted molar refractivity (Wildman–Crippen MR) is 111 cm³/mol. The third-order valence-corrected chi connectivity index (χ3v) is 5.29. The van der Waals surface area contributed by atoms with Gasteiger partial charge in [0.2, 0.25) is 0 Å². The van der Waals surface area contributed by atoms with Crippen LogP contribution in [0.25, 0.3) is 10.8 Å². The highest BCUT2D eigenvalue weighted by molar-refractivity contribution is 5.84. The van der Waals surface area contributed by atoms with E-state index in [1.165, 1.54) is 21.9 Å². The molecule has 4 nitrogen and oxygen atoms in total. The van der Waals surface area contributed by atoms with Gasteiger partial charge in [0.15, 0.2) is 0 Å². The first-order chi connectivity index (χ1) is 13.1. The first-order valence-electron chi connectivity index (χ1n) is 9.14. The van der Waals surface area contributed by atoms with Gasteiger partial charge in [-0.25, -0.2) is 5.43 Å². The number of benzene rings is 2. The maximum Gasteiger partial charge on any atom is 0.0874 e. The highest BCUT2D eigenvalue weighted by Gasteiger charge is 2.35. The minimum absolute atomic E-state index is 0.322. The van der Waals surface area contributed by atoms with Crippen LogP contribution in [-0.4, -0.2) is 4.98 Å². The van der Waals surface area contributed by atoms with Gasteiger partial charge in [0.05, 0.1) is 5.54 Å². The van der Waals surface area contributed by atoms with Gasteiger partial charge < -0.3 is 10.7 Å². The van der Waals surface area contributed by atoms with Crippen LogP contribution in [0, 0.1) is 6.92 Å². The summed E-state index contributed by atoms with van der Waals surface area (Å²) in [5.41, 5.74) is 11.7. The van der Waals surface area contributed by atoms with Crippen LogP contribution in [0.5, 0.6) is 0 Å². The van der Waals surface area contributed by atoms with Gasteiger partial charge in [-0.2, -0.15) is 0 Å². The number of aromatic nitrogens is 1. The molecule has 1 aromatic heterocycles. The van der Waals surface area contributed by atoms with E-state index in [9.17, 15) is 0 Å². The van der Waals surface area contributed by atoms with Crippen molar-refractivity contribution in [2.45, 2.75) is 25.9 Å². The second-order valence-electron chi connectivity index (χ2n) is 7.10. The minimum Gasteiger partial charge on any atom is -0.381 e. The highest BCUT2D eigenvalue weighted by Crippen LogP contribution is 2.34. The van der Waals surface area contributed by atoms with Crippen LogP contribution in [-0.2, 0) is 12.1 Å². The lowest BCUT2D eigenvalue weighted by molar-refractivity contribution is 0.435. The molecule has 136 valence electrons. The SMILES string of the molecule is C=C(NCc1ccc2c(C)nccc2c1)C1=CNNC1(C)c1ccccc1. The van der Waals surface area contributed by atoms with E-state index >= 15 is 0 Å². The number of pyridine rings is 1. The highest BCUT2D eigenvalue weighted by atomic mass is 15.4. The normalized spacial score (nSPS) is 18.8. The van der Waals surface area contributed by atoms with E-state index in [0.717, 1.165) is 23.5 Å². The van der Waals surface area contributed by atoms with E-state index in [1.54, 1.807) is 0 Å². The van der Waals surface area contributed by atoms with Crippen molar-refractivity contribution >= 4 is 10.8 Å². The summed E-state index contributed by atoms with van der Waals surface area (Å²) < 4.78 is 0. The molecular weight excluding hydrogens is 332 g/mol. The van der Waals surface area contributed by atoms with Crippen molar-refractivity contribution in [1.29, 1.82) is 0 Å². The molecule has 0 spiro atoms. The van der Waals surface area contributed by atoms with Crippen molar-refractivity contribution in [3.05, 3.63) is 102 Å². The molecule has 3 N–H and O–H groups in total. The molecule has 4 heteroatoms. The number of nitrogens with one attached hydrogen (secondary N) is 3. The van der Waals surface area contributed by atoms with Crippen LogP contribution < -0.4 is 16.2 Å². The fourth-order valence-corrected chi connectivity index (χ4v) is 3.64. The summed E-state index contributed by atoms with van der Waals surface area (Å²) in [6.07, 6.45) is 3.84. The monoisotopic (exact) mass is 356 g/mol. The molecule has 1 aliphatic heterocycles. The van der Waals surface area contributed by atoms with E-state index in [2.05, 4.69) is 83.2 Å². The summed E-state index contributed by atoms with van der Waals surface area (Å²) in [5.74, 6) is 0. The van der Waals surface area contributed by atoms with Crippen molar-refractivity contribution in [1.82, 2.24) is 21.2 Å². The number of hydrazine groups is 1. The van der Waals surface area contributed by atoms with Crippen molar-refractivity contribution in [2.24, 2.45) is 0 Å². The molecule has 0 saturated heterocycles. The summed E-state index contributed by atoms with van der Waals surface area (Å²) in [4.78, 5) is 4.36. The Morgan fingerprint density at radius 2 is 1.96 bits per heavy atom. The Hall–Kier alpha value is -3.11. The van der Waals surface area contributed by atoms with E-state index in [1.807, 2.05) is 25.4 Å². The molecule has 1 atom stereocenters. The molecule has 0 amide bonds. The molecule has 2 aromatic carbocycles. The van der Waals surface area contributed by atoms with Crippen LogP contribution in [0.15, 0.2) is 84.8 Å². The second-order valence-corrected chi connectivity index (χ2v) is 7.10. The zero-order valence-corrected chi connectivity index (χ0v) is 15.7. The van der Waals surface area contributed by atoms with Crippen molar-refractivity contribution in [3.63, 3.8) is 0 Å². The Bertz CT molecular complexity index is 1020. The lowest BCUT2D eigenvalue weighted by Gasteiger charge is -2.29. The molecule has 0 saturated carbocycles. The number of nitrogens with zero attached hydrogens (tertiary/aromatic N) is 1. The van der Waals surface area contributed by atoms with Gasteiger partial charge in [0, 0.05) is 41.3 Å². The summed E-state index contributed by atoms with van der Waals surface area (Å²) in [6.45, 7) is 9.20. The van der Waals surface area contributed by atoms with Crippen LogP contribution in [0.3, 0.4) is 0 Å². The van der Waals surface area contributed by atoms with Gasteiger partial charge in [-0.15, -0.1) is 0 Å². The van der Waals surface area contributed by atoms with Crippen molar-refractivity contribution in [3.8, 4) is 0 Å². The first kappa shape index (κ1) is 17.3. The summed E-state index contributed by atoms with van der Waals surface area (Å²) in [7, 11) is 0. The van der Waals surface area contributed by atoms with E-state index in [-0.39, 0.29) is 5.54 Å². The molecule has 0 radical (unpaired) electrons. The number of fused-ring (bicyclic) bond motifs is 1. The average Bonchev–Trinajstić information content (AvgIpc) is 3.10. The Morgan fingerprint density at radius 1 is 1.15 bits per heavy atom. The molecule has 0 fully saturated rings. The zero-order chi connectivity index (χ0) is 18.9. The molecular formula is C23H24N4. The maximum absolute atomic E-state index is 4.36. The Balaban J connectivity index is 1.51. The average molecular weight is 356 g/mol. The number of rotatable bonds is 5. The second kappa shape index (κ2) is 6.89. The van der Waals surface area contributed by atoms with Gasteiger partial charge in [0.25, 0.3) is 0 Å². The Morgan fingerprint density at radius 3 is 2.78 bits per heavy atom. The summed E-state index contributed by atoms with van der Waals surface area (Å²) in [6, 6.07) is 18.9. The zero-order valence-electron chi connectivity index (χ0n) is 15.7. The smallest absolute Gasteiger partial charge is 0.0874 e. The standard InChI is InChI=1S/C23H24N4/c1-16-21-10-9-18(13-19(21)11-12-24-16)14-25-17(2)22-15-26-27-23(22,3)20-7-5-4-6-8-20/h4-13,15,25-27H,2,14H2,1,3H3. The Kier molecular flexibility index (Phi) is 4.42. The third-order valence-electron chi connectivity index (χ3n) is 5.29. The van der Waals surface area contributed by atoms with E-state index in [0.29, 0.717) is 0 Å². The van der Waals surface area contributed by atoms with E-state index < -0.39 is 0 Å². The lowest BCUT2D eigenvalue weighted by atomic mass is 9.84. The third kappa shape index (κ3) is 3.20. The van der Waals surface area contributed by atoms with Crippen LogP contribution in [0.2, 0.25) is 0 Å². The topological polar surface area (TPSA) is 49.0 Å². The van der Waals surface area contributed by atoms with Crippen LogP contribution >= 0.6 is 0 Å². The van der Waals surface area contributed by atoms with Gasteiger partial charge in [0.1, 0.15) is 0 Å². The minimum atomic E-state index is -0.322.